The number of carbonyl (C=O) groups excluding carboxylic acids is 1. The second-order valence-electron chi connectivity index (χ2n) is 11.2. The van der Waals surface area contributed by atoms with E-state index in [0.29, 0.717) is 12.5 Å². The fraction of sp³-hybridized carbons (Fsp3) is 0.432. The van der Waals surface area contributed by atoms with Crippen molar-refractivity contribution in [2.75, 3.05) is 26.2 Å². The largest absolute Gasteiger partial charge is 0.466 e. The molecular weight excluding hydrogens is 520 g/mol. The van der Waals surface area contributed by atoms with Crippen LogP contribution in [0.2, 0.25) is 0 Å². The Morgan fingerprint density at radius 2 is 1.60 bits per heavy atom. The molecule has 42 heavy (non-hydrogen) atoms. The highest BCUT2D eigenvalue weighted by atomic mass is 16.5. The molecule has 5 aromatic rings. The Hall–Kier alpha value is -3.57. The first-order valence-corrected chi connectivity index (χ1v) is 15.8. The summed E-state index contributed by atoms with van der Waals surface area (Å²) in [5, 5.41) is 5.11. The second-order valence-corrected chi connectivity index (χ2v) is 11.2. The van der Waals surface area contributed by atoms with Crippen molar-refractivity contribution in [2.24, 2.45) is 0 Å². The van der Waals surface area contributed by atoms with Gasteiger partial charge < -0.3 is 19.0 Å². The molecular formula is C37H48N2O3. The second kappa shape index (κ2) is 16.2. The van der Waals surface area contributed by atoms with Crippen molar-refractivity contribution in [1.29, 1.82) is 0 Å². The van der Waals surface area contributed by atoms with E-state index in [9.17, 15) is 4.79 Å². The third kappa shape index (κ3) is 8.25. The summed E-state index contributed by atoms with van der Waals surface area (Å²) in [6.45, 7) is 11.6. The Kier molecular flexibility index (Phi) is 12.1. The van der Waals surface area contributed by atoms with Gasteiger partial charge in [-0.3, -0.25) is 4.79 Å². The van der Waals surface area contributed by atoms with Gasteiger partial charge in [-0.15, -0.1) is 0 Å². The molecule has 0 aliphatic carbocycles. The number of esters is 1. The fourth-order valence-corrected chi connectivity index (χ4v) is 5.89. The molecule has 0 radical (unpaired) electrons. The highest BCUT2D eigenvalue weighted by Crippen LogP contribution is 2.34. The van der Waals surface area contributed by atoms with Crippen LogP contribution in [0.25, 0.3) is 32.6 Å². The molecule has 1 saturated heterocycles. The first-order valence-electron chi connectivity index (χ1n) is 15.8. The number of unbranched alkanes of at least 4 members (excludes halogenated alkanes) is 3. The number of rotatable bonds is 8. The molecule has 1 fully saturated rings. The highest BCUT2D eigenvalue weighted by Gasteiger charge is 2.23. The van der Waals surface area contributed by atoms with E-state index in [4.69, 9.17) is 4.42 Å². The van der Waals surface area contributed by atoms with Crippen LogP contribution in [0.3, 0.4) is 0 Å². The SMILES string of the molecule is CCCCCC.CCOC(C)=O.c1ccc2c(c1)ccc1c(CCN3CCC(c4c[nH]c5ccccc45)CC3)coc12. The quantitative estimate of drug-likeness (QED) is 0.150. The van der Waals surface area contributed by atoms with Gasteiger partial charge in [-0.1, -0.05) is 94.1 Å². The van der Waals surface area contributed by atoms with Gasteiger partial charge >= 0.3 is 5.97 Å². The molecule has 5 nitrogen and oxygen atoms in total. The highest BCUT2D eigenvalue weighted by molar-refractivity contribution is 6.05. The Morgan fingerprint density at radius 1 is 0.905 bits per heavy atom. The summed E-state index contributed by atoms with van der Waals surface area (Å²) in [4.78, 5) is 15.9. The lowest BCUT2D eigenvalue weighted by Gasteiger charge is -2.31. The number of nitrogens with one attached hydrogen (secondary N) is 1. The smallest absolute Gasteiger partial charge is 0.302 e. The van der Waals surface area contributed by atoms with E-state index in [1.807, 2.05) is 6.26 Å². The zero-order valence-electron chi connectivity index (χ0n) is 26.0. The number of aromatic amines is 1. The number of benzene rings is 3. The number of hydrogen-bond acceptors (Lipinski definition) is 4. The molecule has 224 valence electrons. The van der Waals surface area contributed by atoms with E-state index in [1.165, 1.54) is 96.7 Å². The summed E-state index contributed by atoms with van der Waals surface area (Å²) in [6, 6.07) is 21.6. The molecule has 3 heterocycles. The van der Waals surface area contributed by atoms with Gasteiger partial charge in [0.25, 0.3) is 0 Å². The molecule has 5 heteroatoms. The number of aromatic nitrogens is 1. The maximum Gasteiger partial charge on any atom is 0.302 e. The van der Waals surface area contributed by atoms with E-state index < -0.39 is 0 Å². The van der Waals surface area contributed by atoms with Gasteiger partial charge in [0.1, 0.15) is 5.58 Å². The van der Waals surface area contributed by atoms with E-state index >= 15 is 0 Å². The van der Waals surface area contributed by atoms with Crippen molar-refractivity contribution in [3.63, 3.8) is 0 Å². The molecule has 2 aromatic heterocycles. The van der Waals surface area contributed by atoms with Gasteiger partial charge in [0.15, 0.2) is 0 Å². The number of fused-ring (bicyclic) bond motifs is 4. The van der Waals surface area contributed by atoms with Gasteiger partial charge in [-0.05, 0) is 67.8 Å². The van der Waals surface area contributed by atoms with Crippen LogP contribution in [0.15, 0.2) is 77.5 Å². The minimum Gasteiger partial charge on any atom is -0.466 e. The van der Waals surface area contributed by atoms with Crippen molar-refractivity contribution >= 4 is 38.6 Å². The molecule has 0 bridgehead atoms. The number of hydrogen-bond donors (Lipinski definition) is 1. The molecule has 0 saturated carbocycles. The van der Waals surface area contributed by atoms with Crippen molar-refractivity contribution in [2.45, 2.75) is 78.6 Å². The zero-order chi connectivity index (χ0) is 29.7. The number of likely N-dealkylation sites (tertiary alicyclic amines) is 1. The number of piperidine rings is 1. The average molecular weight is 569 g/mol. The summed E-state index contributed by atoms with van der Waals surface area (Å²) in [5.74, 6) is 0.455. The molecule has 1 N–H and O–H groups in total. The van der Waals surface area contributed by atoms with Crippen LogP contribution in [0, 0.1) is 0 Å². The Labute approximate surface area is 251 Å². The Balaban J connectivity index is 0.000000287. The van der Waals surface area contributed by atoms with Crippen molar-refractivity contribution < 1.29 is 13.9 Å². The van der Waals surface area contributed by atoms with Gasteiger partial charge in [0, 0.05) is 41.3 Å². The molecule has 0 amide bonds. The van der Waals surface area contributed by atoms with Crippen molar-refractivity contribution in [3.05, 3.63) is 84.3 Å². The lowest BCUT2D eigenvalue weighted by Crippen LogP contribution is -2.34. The van der Waals surface area contributed by atoms with Crippen LogP contribution in [0.1, 0.15) is 83.3 Å². The standard InChI is InChI=1S/C27H26N2O.C6H14.C4H8O2/c1-2-6-22-19(5-1)9-10-23-21(18-30-27(22)23)13-16-29-14-11-20(12-15-29)25-17-28-26-8-4-3-7-24(25)26;1-3-5-6-4-2;1-3-6-4(2)5/h1-10,17-18,20,28H,11-16H2;3-6H2,1-2H3;3H2,1-2H3. The number of H-pyrrole nitrogens is 1. The molecule has 3 aromatic carbocycles. The lowest BCUT2D eigenvalue weighted by atomic mass is 9.89. The van der Waals surface area contributed by atoms with Crippen LogP contribution < -0.4 is 0 Å². The number of para-hydroxylation sites is 1. The van der Waals surface area contributed by atoms with E-state index in [2.05, 4.69) is 95.3 Å². The van der Waals surface area contributed by atoms with Crippen LogP contribution >= 0.6 is 0 Å². The predicted octanol–water partition coefficient (Wildman–Crippen LogP) is 9.65. The fourth-order valence-electron chi connectivity index (χ4n) is 5.89. The van der Waals surface area contributed by atoms with E-state index in [0.717, 1.165) is 18.5 Å². The Morgan fingerprint density at radius 3 is 2.26 bits per heavy atom. The summed E-state index contributed by atoms with van der Waals surface area (Å²) >= 11 is 0. The summed E-state index contributed by atoms with van der Waals surface area (Å²) < 4.78 is 10.4. The molecule has 0 atom stereocenters. The van der Waals surface area contributed by atoms with Crippen molar-refractivity contribution in [3.8, 4) is 0 Å². The van der Waals surface area contributed by atoms with Crippen LogP contribution in [-0.4, -0.2) is 42.1 Å². The average Bonchev–Trinajstić information content (AvgIpc) is 3.64. The minimum atomic E-state index is -0.211. The maximum absolute atomic E-state index is 9.82. The van der Waals surface area contributed by atoms with Gasteiger partial charge in [-0.25, -0.2) is 0 Å². The molecule has 6 rings (SSSR count). The van der Waals surface area contributed by atoms with Gasteiger partial charge in [0.05, 0.1) is 12.9 Å². The van der Waals surface area contributed by atoms with Crippen LogP contribution in [0.5, 0.6) is 0 Å². The van der Waals surface area contributed by atoms with Crippen LogP contribution in [0.4, 0.5) is 0 Å². The summed E-state index contributed by atoms with van der Waals surface area (Å²) in [6.07, 6.45) is 13.2. The molecule has 0 spiro atoms. The van der Waals surface area contributed by atoms with Crippen LogP contribution in [-0.2, 0) is 16.0 Å². The lowest BCUT2D eigenvalue weighted by molar-refractivity contribution is -0.140. The molecule has 1 aliphatic rings. The minimum absolute atomic E-state index is 0.211. The normalized spacial score (nSPS) is 13.9. The number of furan rings is 1. The number of ether oxygens (including phenoxy) is 1. The summed E-state index contributed by atoms with van der Waals surface area (Å²) in [7, 11) is 0. The molecule has 1 aliphatic heterocycles. The monoisotopic (exact) mass is 568 g/mol. The van der Waals surface area contributed by atoms with Gasteiger partial charge in [-0.2, -0.15) is 0 Å². The third-order valence-electron chi connectivity index (χ3n) is 8.20. The molecule has 0 unspecified atom stereocenters. The number of carbonyl (C=O) groups is 1. The summed E-state index contributed by atoms with van der Waals surface area (Å²) in [5.41, 5.74) is 5.11. The Bertz CT molecular complexity index is 1520. The van der Waals surface area contributed by atoms with Gasteiger partial charge in [0.2, 0.25) is 0 Å². The third-order valence-corrected chi connectivity index (χ3v) is 8.20. The van der Waals surface area contributed by atoms with Crippen molar-refractivity contribution in [1.82, 2.24) is 9.88 Å². The zero-order valence-corrected chi connectivity index (χ0v) is 26.0. The predicted molar refractivity (Wildman–Crippen MR) is 176 cm³/mol. The first-order chi connectivity index (χ1) is 20.5. The first kappa shape index (κ1) is 31.4. The topological polar surface area (TPSA) is 58.5 Å². The number of nitrogens with zero attached hydrogens (tertiary/aromatic N) is 1. The van der Waals surface area contributed by atoms with E-state index in [-0.39, 0.29) is 5.97 Å². The maximum atomic E-state index is 9.82. The van der Waals surface area contributed by atoms with E-state index in [1.54, 1.807) is 6.92 Å².